The summed E-state index contributed by atoms with van der Waals surface area (Å²) in [6, 6.07) is 0. The second kappa shape index (κ2) is 6.55. The van der Waals surface area contributed by atoms with E-state index in [9.17, 15) is 4.79 Å². The van der Waals surface area contributed by atoms with Crippen molar-refractivity contribution in [2.75, 3.05) is 19.6 Å². The Bertz CT molecular complexity index is 349. The molecule has 0 radical (unpaired) electrons. The van der Waals surface area contributed by atoms with Crippen LogP contribution in [0.1, 0.15) is 67.7 Å². The number of hydrogen-bond acceptors (Lipinski definition) is 3. The van der Waals surface area contributed by atoms with Gasteiger partial charge in [-0.25, -0.2) is 4.79 Å². The Morgan fingerprint density at radius 3 is 2.14 bits per heavy atom. The van der Waals surface area contributed by atoms with Gasteiger partial charge in [-0.3, -0.25) is 0 Å². The molecule has 0 unspecified atom stereocenters. The monoisotopic (exact) mass is 298 g/mol. The number of ether oxygens (including phenoxy) is 1. The van der Waals surface area contributed by atoms with Crippen LogP contribution in [0.25, 0.3) is 0 Å². The molecule has 1 amide bonds. The number of hydrogen-bond donors (Lipinski definition) is 1. The van der Waals surface area contributed by atoms with Gasteiger partial charge in [0, 0.05) is 25.2 Å². The van der Waals surface area contributed by atoms with Crippen LogP contribution in [0.15, 0.2) is 0 Å². The van der Waals surface area contributed by atoms with E-state index in [-0.39, 0.29) is 11.6 Å². The molecule has 1 rings (SSSR count). The van der Waals surface area contributed by atoms with Gasteiger partial charge in [-0.15, -0.1) is 0 Å². The van der Waals surface area contributed by atoms with Crippen molar-refractivity contribution in [1.82, 2.24) is 10.2 Å². The highest BCUT2D eigenvalue weighted by atomic mass is 16.6. The van der Waals surface area contributed by atoms with Crippen molar-refractivity contribution < 1.29 is 9.53 Å². The smallest absolute Gasteiger partial charge is 0.410 e. The highest BCUT2D eigenvalue weighted by Gasteiger charge is 2.32. The van der Waals surface area contributed by atoms with Crippen LogP contribution in [0.3, 0.4) is 0 Å². The second-order valence-electron chi connectivity index (χ2n) is 8.64. The quantitative estimate of drug-likeness (QED) is 0.785. The molecule has 0 heterocycles. The highest BCUT2D eigenvalue weighted by molar-refractivity contribution is 5.69. The van der Waals surface area contributed by atoms with Gasteiger partial charge in [-0.2, -0.15) is 0 Å². The van der Waals surface area contributed by atoms with E-state index in [0.29, 0.717) is 12.0 Å². The van der Waals surface area contributed by atoms with Crippen molar-refractivity contribution in [2.24, 2.45) is 5.41 Å². The van der Waals surface area contributed by atoms with Crippen molar-refractivity contribution in [3.63, 3.8) is 0 Å². The van der Waals surface area contributed by atoms with E-state index >= 15 is 0 Å². The molecular formula is C17H34N2O2. The molecule has 0 saturated heterocycles. The van der Waals surface area contributed by atoms with Crippen molar-refractivity contribution in [3.05, 3.63) is 0 Å². The third kappa shape index (κ3) is 6.25. The number of amides is 1. The minimum Gasteiger partial charge on any atom is -0.444 e. The summed E-state index contributed by atoms with van der Waals surface area (Å²) in [5.74, 6) is 0. The molecular weight excluding hydrogens is 264 g/mol. The number of nitrogens with zero attached hydrogens (tertiary/aromatic N) is 1. The molecule has 21 heavy (non-hydrogen) atoms. The first kappa shape index (κ1) is 18.3. The van der Waals surface area contributed by atoms with Crippen LogP contribution >= 0.6 is 0 Å². The fourth-order valence-corrected chi connectivity index (χ4v) is 2.56. The Balaban J connectivity index is 2.45. The van der Waals surface area contributed by atoms with Crippen LogP contribution in [0.4, 0.5) is 4.79 Å². The van der Waals surface area contributed by atoms with Crippen molar-refractivity contribution in [2.45, 2.75) is 78.9 Å². The zero-order chi connectivity index (χ0) is 16.3. The minimum absolute atomic E-state index is 0.230. The summed E-state index contributed by atoms with van der Waals surface area (Å²) in [6.45, 7) is 16.7. The maximum Gasteiger partial charge on any atom is 0.410 e. The van der Waals surface area contributed by atoms with Gasteiger partial charge in [0.05, 0.1) is 0 Å². The summed E-state index contributed by atoms with van der Waals surface area (Å²) < 4.78 is 5.52. The van der Waals surface area contributed by atoms with Crippen LogP contribution in [0, 0.1) is 5.41 Å². The van der Waals surface area contributed by atoms with Crippen molar-refractivity contribution in [1.29, 1.82) is 0 Å². The van der Waals surface area contributed by atoms with E-state index in [4.69, 9.17) is 4.74 Å². The molecule has 1 aliphatic rings. The van der Waals surface area contributed by atoms with E-state index in [1.54, 1.807) is 0 Å². The standard InChI is InChI=1S/C17H34N2O2/c1-15(2,3)19(14(20)21-16(4,5)6)12-11-18-13-17(7)9-8-10-17/h18H,8-13H2,1-7H3. The summed E-state index contributed by atoms with van der Waals surface area (Å²) in [5, 5.41) is 3.50. The third-order valence-corrected chi connectivity index (χ3v) is 4.05. The zero-order valence-electron chi connectivity index (χ0n) is 15.0. The molecule has 0 atom stereocenters. The average Bonchev–Trinajstić information content (AvgIpc) is 2.21. The Morgan fingerprint density at radius 1 is 1.19 bits per heavy atom. The Hall–Kier alpha value is -0.770. The molecule has 1 fully saturated rings. The predicted octanol–water partition coefficient (Wildman–Crippen LogP) is 3.80. The summed E-state index contributed by atoms with van der Waals surface area (Å²) >= 11 is 0. The maximum absolute atomic E-state index is 12.3. The SMILES string of the molecule is CC1(CNCCN(C(=O)OC(C)(C)C)C(C)(C)C)CCC1. The fourth-order valence-electron chi connectivity index (χ4n) is 2.56. The van der Waals surface area contributed by atoms with E-state index in [1.807, 2.05) is 46.4 Å². The fraction of sp³-hybridized carbons (Fsp3) is 0.941. The van der Waals surface area contributed by atoms with Gasteiger partial charge in [0.15, 0.2) is 0 Å². The van der Waals surface area contributed by atoms with E-state index < -0.39 is 5.60 Å². The molecule has 0 aliphatic heterocycles. The van der Waals surface area contributed by atoms with E-state index in [1.165, 1.54) is 19.3 Å². The first-order valence-corrected chi connectivity index (χ1v) is 8.14. The lowest BCUT2D eigenvalue weighted by Gasteiger charge is -2.40. The molecule has 4 heteroatoms. The molecule has 124 valence electrons. The van der Waals surface area contributed by atoms with Crippen LogP contribution in [-0.4, -0.2) is 41.8 Å². The lowest BCUT2D eigenvalue weighted by molar-refractivity contribution is 0.00636. The topological polar surface area (TPSA) is 41.6 Å². The zero-order valence-corrected chi connectivity index (χ0v) is 15.0. The van der Waals surface area contributed by atoms with Crippen LogP contribution in [0.2, 0.25) is 0 Å². The number of rotatable bonds is 5. The Morgan fingerprint density at radius 2 is 1.76 bits per heavy atom. The van der Waals surface area contributed by atoms with Gasteiger partial charge >= 0.3 is 6.09 Å². The molecule has 4 nitrogen and oxygen atoms in total. The van der Waals surface area contributed by atoms with Crippen LogP contribution in [0.5, 0.6) is 0 Å². The molecule has 0 aromatic rings. The minimum atomic E-state index is -0.451. The molecule has 1 aliphatic carbocycles. The Kier molecular flexibility index (Phi) is 5.70. The van der Waals surface area contributed by atoms with Crippen molar-refractivity contribution >= 4 is 6.09 Å². The van der Waals surface area contributed by atoms with Gasteiger partial charge < -0.3 is 15.0 Å². The first-order chi connectivity index (χ1) is 9.43. The number of carbonyl (C=O) groups is 1. The van der Waals surface area contributed by atoms with Gasteiger partial charge in [0.25, 0.3) is 0 Å². The third-order valence-electron chi connectivity index (χ3n) is 4.05. The Labute approximate surface area is 130 Å². The summed E-state index contributed by atoms with van der Waals surface area (Å²) in [5.41, 5.74) is -0.212. The molecule has 0 bridgehead atoms. The van der Waals surface area contributed by atoms with E-state index in [0.717, 1.165) is 13.1 Å². The first-order valence-electron chi connectivity index (χ1n) is 8.14. The van der Waals surface area contributed by atoms with Gasteiger partial charge in [0.2, 0.25) is 0 Å². The predicted molar refractivity (Wildman–Crippen MR) is 87.5 cm³/mol. The normalized spacial score (nSPS) is 18.0. The average molecular weight is 298 g/mol. The number of nitrogens with one attached hydrogen (secondary N) is 1. The molecule has 0 aromatic carbocycles. The summed E-state index contributed by atoms with van der Waals surface area (Å²) in [4.78, 5) is 14.2. The molecule has 0 spiro atoms. The molecule has 1 saturated carbocycles. The molecule has 0 aromatic heterocycles. The van der Waals surface area contributed by atoms with Crippen LogP contribution < -0.4 is 5.32 Å². The largest absolute Gasteiger partial charge is 0.444 e. The van der Waals surface area contributed by atoms with Gasteiger partial charge in [0.1, 0.15) is 5.60 Å². The van der Waals surface area contributed by atoms with E-state index in [2.05, 4.69) is 12.2 Å². The van der Waals surface area contributed by atoms with Gasteiger partial charge in [-0.05, 0) is 59.8 Å². The lowest BCUT2D eigenvalue weighted by atomic mass is 9.70. The summed E-state index contributed by atoms with van der Waals surface area (Å²) in [7, 11) is 0. The van der Waals surface area contributed by atoms with Crippen molar-refractivity contribution in [3.8, 4) is 0 Å². The highest BCUT2D eigenvalue weighted by Crippen LogP contribution is 2.39. The second-order valence-corrected chi connectivity index (χ2v) is 8.64. The summed E-state index contributed by atoms with van der Waals surface area (Å²) in [6.07, 6.45) is 3.75. The van der Waals surface area contributed by atoms with Crippen LogP contribution in [-0.2, 0) is 4.74 Å². The molecule has 1 N–H and O–H groups in total. The maximum atomic E-state index is 12.3. The lowest BCUT2D eigenvalue weighted by Crippen LogP contribution is -2.51. The van der Waals surface area contributed by atoms with Gasteiger partial charge in [-0.1, -0.05) is 13.3 Å². The number of carbonyl (C=O) groups excluding carboxylic acids is 1.